The zero-order valence-corrected chi connectivity index (χ0v) is 21.2. The molecule has 0 bridgehead atoms. The Morgan fingerprint density at radius 2 is 1.61 bits per heavy atom. The molecule has 0 fully saturated rings. The molecule has 1 aliphatic rings. The predicted octanol–water partition coefficient (Wildman–Crippen LogP) is 5.31. The molecule has 0 unspecified atom stereocenters. The van der Waals surface area contributed by atoms with Crippen molar-refractivity contribution in [1.82, 2.24) is 0 Å². The highest BCUT2D eigenvalue weighted by Crippen LogP contribution is 2.30. The molecular weight excluding hydrogens is 550 g/mol. The molecule has 3 aromatic rings. The first kappa shape index (κ1) is 25.2. The summed E-state index contributed by atoms with van der Waals surface area (Å²) in [6.07, 6.45) is 0. The van der Waals surface area contributed by atoms with Gasteiger partial charge < -0.3 is 15.4 Å². The summed E-state index contributed by atoms with van der Waals surface area (Å²) in [6.45, 7) is 1.92. The highest BCUT2D eigenvalue weighted by atomic mass is 79.9. The Balaban J connectivity index is 1.50. The maximum atomic E-state index is 13.1. The van der Waals surface area contributed by atoms with Gasteiger partial charge >= 0.3 is 5.97 Å². The van der Waals surface area contributed by atoms with E-state index < -0.39 is 17.8 Å². The Bertz CT molecular complexity index is 1390. The number of amides is 3. The lowest BCUT2D eigenvalue weighted by atomic mass is 10.1. The van der Waals surface area contributed by atoms with Gasteiger partial charge in [-0.15, -0.1) is 0 Å². The summed E-state index contributed by atoms with van der Waals surface area (Å²) < 4.78 is 5.83. The Hall–Kier alpha value is -3.95. The average molecular weight is 569 g/mol. The van der Waals surface area contributed by atoms with E-state index in [-0.39, 0.29) is 34.5 Å². The minimum absolute atomic E-state index is 0.124. The topological polar surface area (TPSA) is 105 Å². The van der Waals surface area contributed by atoms with Gasteiger partial charge in [0.1, 0.15) is 10.7 Å². The van der Waals surface area contributed by atoms with Crippen molar-refractivity contribution in [2.24, 2.45) is 0 Å². The Labute approximate surface area is 220 Å². The molecule has 3 aromatic carbocycles. The molecule has 3 amide bonds. The zero-order valence-electron chi connectivity index (χ0n) is 18.9. The van der Waals surface area contributed by atoms with Crippen LogP contribution in [0.15, 0.2) is 88.0 Å². The molecule has 36 heavy (non-hydrogen) atoms. The fourth-order valence-electron chi connectivity index (χ4n) is 3.43. The van der Waals surface area contributed by atoms with Crippen molar-refractivity contribution in [2.75, 3.05) is 22.1 Å². The molecule has 0 atom stereocenters. The maximum absolute atomic E-state index is 13.1. The summed E-state index contributed by atoms with van der Waals surface area (Å²) >= 11 is 9.56. The molecular formula is C26H19BrClN3O5. The number of nitrogens with zero attached hydrogens (tertiary/aromatic N) is 1. The number of halogens is 2. The van der Waals surface area contributed by atoms with E-state index in [0.29, 0.717) is 16.9 Å². The number of esters is 1. The van der Waals surface area contributed by atoms with Gasteiger partial charge in [0.25, 0.3) is 17.7 Å². The van der Waals surface area contributed by atoms with Gasteiger partial charge in [0, 0.05) is 21.4 Å². The van der Waals surface area contributed by atoms with Crippen LogP contribution in [0.4, 0.5) is 17.1 Å². The van der Waals surface area contributed by atoms with Gasteiger partial charge in [-0.3, -0.25) is 14.4 Å². The number of hydrogen-bond donors (Lipinski definition) is 2. The largest absolute Gasteiger partial charge is 0.462 e. The van der Waals surface area contributed by atoms with Crippen LogP contribution in [0.2, 0.25) is 0 Å². The van der Waals surface area contributed by atoms with E-state index >= 15 is 0 Å². The number of carbonyl (C=O) groups is 4. The minimum atomic E-state index is -0.711. The highest BCUT2D eigenvalue weighted by Gasteiger charge is 2.39. The third-order valence-electron chi connectivity index (χ3n) is 5.16. The molecule has 4 rings (SSSR count). The molecule has 10 heteroatoms. The number of benzene rings is 3. The van der Waals surface area contributed by atoms with Crippen molar-refractivity contribution < 1.29 is 23.9 Å². The van der Waals surface area contributed by atoms with Gasteiger partial charge in [-0.1, -0.05) is 33.6 Å². The number of anilines is 3. The normalized spacial score (nSPS) is 13.1. The molecule has 0 saturated heterocycles. The SMILES string of the molecule is CCOC(=O)c1ccc(N2C(=O)C(Cl)=C(Nc3cccc(C(=O)Nc4ccc(Br)cc4)c3)C2=O)cc1. The smallest absolute Gasteiger partial charge is 0.338 e. The number of carbonyl (C=O) groups excluding carboxylic acids is 4. The molecule has 0 saturated carbocycles. The van der Waals surface area contributed by atoms with Gasteiger partial charge in [0.05, 0.1) is 17.9 Å². The quantitative estimate of drug-likeness (QED) is 0.296. The van der Waals surface area contributed by atoms with Crippen LogP contribution in [0.1, 0.15) is 27.6 Å². The van der Waals surface area contributed by atoms with Gasteiger partial charge in [-0.25, -0.2) is 9.69 Å². The van der Waals surface area contributed by atoms with E-state index in [1.54, 1.807) is 55.5 Å². The van der Waals surface area contributed by atoms with Crippen molar-refractivity contribution in [3.8, 4) is 0 Å². The van der Waals surface area contributed by atoms with E-state index in [1.807, 2.05) is 0 Å². The third-order valence-corrected chi connectivity index (χ3v) is 6.04. The summed E-state index contributed by atoms with van der Waals surface area (Å²) in [7, 11) is 0. The van der Waals surface area contributed by atoms with Crippen LogP contribution in [0.25, 0.3) is 0 Å². The molecule has 2 N–H and O–H groups in total. The molecule has 0 aliphatic carbocycles. The van der Waals surface area contributed by atoms with E-state index in [0.717, 1.165) is 9.37 Å². The fourth-order valence-corrected chi connectivity index (χ4v) is 3.90. The van der Waals surface area contributed by atoms with Crippen LogP contribution in [-0.2, 0) is 14.3 Å². The van der Waals surface area contributed by atoms with Crippen LogP contribution in [0, 0.1) is 0 Å². The lowest BCUT2D eigenvalue weighted by molar-refractivity contribution is -0.120. The zero-order chi connectivity index (χ0) is 25.8. The van der Waals surface area contributed by atoms with Gasteiger partial charge in [0.15, 0.2) is 0 Å². The minimum Gasteiger partial charge on any atom is -0.462 e. The van der Waals surface area contributed by atoms with E-state index in [2.05, 4.69) is 26.6 Å². The maximum Gasteiger partial charge on any atom is 0.338 e. The first-order valence-corrected chi connectivity index (χ1v) is 12.0. The second-order valence-corrected chi connectivity index (χ2v) is 8.86. The standard InChI is InChI=1S/C26H19BrClN3O5/c1-2-36-26(35)15-6-12-20(13-7-15)31-24(33)21(28)22(25(31)34)29-19-5-3-4-16(14-19)23(32)30-18-10-8-17(27)9-11-18/h3-14,29H,2H2,1H3,(H,30,32). The third kappa shape index (κ3) is 5.32. The summed E-state index contributed by atoms with van der Waals surface area (Å²) in [5.74, 6) is -2.24. The molecule has 1 aliphatic heterocycles. The number of nitrogens with one attached hydrogen (secondary N) is 2. The van der Waals surface area contributed by atoms with Gasteiger partial charge in [-0.2, -0.15) is 0 Å². The lowest BCUT2D eigenvalue weighted by Crippen LogP contribution is -2.32. The monoisotopic (exact) mass is 567 g/mol. The molecule has 8 nitrogen and oxygen atoms in total. The van der Waals surface area contributed by atoms with Crippen LogP contribution < -0.4 is 15.5 Å². The van der Waals surface area contributed by atoms with Gasteiger partial charge in [0.2, 0.25) is 0 Å². The van der Waals surface area contributed by atoms with Crippen LogP contribution in [0.5, 0.6) is 0 Å². The van der Waals surface area contributed by atoms with Gasteiger partial charge in [-0.05, 0) is 73.7 Å². The number of imide groups is 1. The summed E-state index contributed by atoms with van der Waals surface area (Å²) in [6, 6.07) is 19.4. The molecule has 0 radical (unpaired) electrons. The number of ether oxygens (including phenoxy) is 1. The summed E-state index contributed by atoms with van der Waals surface area (Å²) in [4.78, 5) is 51.3. The number of rotatable bonds is 7. The van der Waals surface area contributed by atoms with Crippen molar-refractivity contribution >= 4 is 68.3 Å². The van der Waals surface area contributed by atoms with Crippen LogP contribution in [0.3, 0.4) is 0 Å². The second-order valence-electron chi connectivity index (χ2n) is 7.57. The summed E-state index contributed by atoms with van der Waals surface area (Å²) in [5.41, 5.74) is 1.76. The van der Waals surface area contributed by atoms with Crippen LogP contribution >= 0.6 is 27.5 Å². The highest BCUT2D eigenvalue weighted by molar-refractivity contribution is 9.10. The van der Waals surface area contributed by atoms with Crippen molar-refractivity contribution in [3.05, 3.63) is 99.1 Å². The first-order chi connectivity index (χ1) is 17.3. The lowest BCUT2D eigenvalue weighted by Gasteiger charge is -2.15. The van der Waals surface area contributed by atoms with E-state index in [9.17, 15) is 19.2 Å². The van der Waals surface area contributed by atoms with E-state index in [4.69, 9.17) is 16.3 Å². The van der Waals surface area contributed by atoms with Crippen molar-refractivity contribution in [2.45, 2.75) is 6.92 Å². The Morgan fingerprint density at radius 1 is 0.917 bits per heavy atom. The molecule has 1 heterocycles. The molecule has 0 spiro atoms. The van der Waals surface area contributed by atoms with Crippen molar-refractivity contribution in [3.63, 3.8) is 0 Å². The van der Waals surface area contributed by atoms with E-state index in [1.165, 1.54) is 24.3 Å². The Morgan fingerprint density at radius 3 is 2.28 bits per heavy atom. The average Bonchev–Trinajstić information content (AvgIpc) is 3.09. The predicted molar refractivity (Wildman–Crippen MR) is 140 cm³/mol. The molecule has 0 aromatic heterocycles. The second kappa shape index (κ2) is 10.8. The first-order valence-electron chi connectivity index (χ1n) is 10.8. The van der Waals surface area contributed by atoms with Crippen molar-refractivity contribution in [1.29, 1.82) is 0 Å². The number of hydrogen-bond acceptors (Lipinski definition) is 6. The molecule has 182 valence electrons. The Kier molecular flexibility index (Phi) is 7.52. The van der Waals surface area contributed by atoms with Crippen LogP contribution in [-0.4, -0.2) is 30.3 Å². The fraction of sp³-hybridized carbons (Fsp3) is 0.0769. The summed E-state index contributed by atoms with van der Waals surface area (Å²) in [5, 5.41) is 5.36.